The summed E-state index contributed by atoms with van der Waals surface area (Å²) in [6.45, 7) is 8.42. The third kappa shape index (κ3) is 2.64. The second kappa shape index (κ2) is 6.42. The van der Waals surface area contributed by atoms with Gasteiger partial charge >= 0.3 is 0 Å². The molecule has 0 fully saturated rings. The van der Waals surface area contributed by atoms with Gasteiger partial charge in [0.05, 0.1) is 0 Å². The molecule has 0 heterocycles. The molecular formula is C22H23OP. The van der Waals surface area contributed by atoms with Crippen molar-refractivity contribution in [1.82, 2.24) is 0 Å². The van der Waals surface area contributed by atoms with E-state index in [0.717, 1.165) is 27.0 Å². The monoisotopic (exact) mass is 334 g/mol. The molecule has 0 aliphatic carbocycles. The molecule has 0 bridgehead atoms. The van der Waals surface area contributed by atoms with Gasteiger partial charge in [0.25, 0.3) is 0 Å². The molecule has 3 aromatic rings. The fourth-order valence-electron chi connectivity index (χ4n) is 3.44. The molecule has 0 radical (unpaired) electrons. The molecule has 0 spiro atoms. The molecule has 3 aromatic carbocycles. The Morgan fingerprint density at radius 3 is 1.54 bits per heavy atom. The molecule has 24 heavy (non-hydrogen) atoms. The van der Waals surface area contributed by atoms with Crippen LogP contribution in [0.4, 0.5) is 0 Å². The summed E-state index contributed by atoms with van der Waals surface area (Å²) < 4.78 is 14.5. The maximum atomic E-state index is 14.5. The largest absolute Gasteiger partial charge is 0.309 e. The minimum absolute atomic E-state index is 0.894. The Labute approximate surface area is 144 Å². The number of hydrogen-bond acceptors (Lipinski definition) is 1. The molecule has 2 heteroatoms. The lowest BCUT2D eigenvalue weighted by Crippen LogP contribution is -2.29. The molecule has 0 saturated heterocycles. The average Bonchev–Trinajstić information content (AvgIpc) is 2.61. The SMILES string of the molecule is Cc1cc(C)c(P(=O)(c2ccccc2)c2ccccc2)c(C)c1C. The van der Waals surface area contributed by atoms with Crippen LogP contribution in [0, 0.1) is 27.7 Å². The van der Waals surface area contributed by atoms with E-state index in [-0.39, 0.29) is 0 Å². The summed E-state index contributed by atoms with van der Waals surface area (Å²) in [6, 6.07) is 21.9. The van der Waals surface area contributed by atoms with Crippen molar-refractivity contribution in [2.75, 3.05) is 0 Å². The van der Waals surface area contributed by atoms with E-state index in [9.17, 15) is 4.57 Å². The number of benzene rings is 3. The fourth-order valence-corrected chi connectivity index (χ4v) is 6.64. The molecule has 0 amide bonds. The van der Waals surface area contributed by atoms with Crippen molar-refractivity contribution < 1.29 is 4.57 Å². The molecule has 122 valence electrons. The first-order valence-electron chi connectivity index (χ1n) is 8.25. The van der Waals surface area contributed by atoms with E-state index in [4.69, 9.17) is 0 Å². The summed E-state index contributed by atoms with van der Waals surface area (Å²) in [6.07, 6.45) is 0. The van der Waals surface area contributed by atoms with Gasteiger partial charge in [-0.1, -0.05) is 66.7 Å². The number of aryl methyl sites for hydroxylation is 2. The predicted molar refractivity (Wildman–Crippen MR) is 105 cm³/mol. The molecule has 0 unspecified atom stereocenters. The third-order valence-electron chi connectivity index (χ3n) is 4.87. The highest BCUT2D eigenvalue weighted by atomic mass is 31.2. The van der Waals surface area contributed by atoms with E-state index in [0.29, 0.717) is 0 Å². The Bertz CT molecular complexity index is 868. The van der Waals surface area contributed by atoms with Crippen molar-refractivity contribution in [2.24, 2.45) is 0 Å². The molecule has 0 aliphatic rings. The van der Waals surface area contributed by atoms with Gasteiger partial charge in [0.2, 0.25) is 0 Å². The summed E-state index contributed by atoms with van der Waals surface area (Å²) >= 11 is 0. The molecule has 0 aliphatic heterocycles. The van der Waals surface area contributed by atoms with Gasteiger partial charge in [-0.15, -0.1) is 0 Å². The van der Waals surface area contributed by atoms with Gasteiger partial charge in [-0.05, 0) is 49.9 Å². The molecule has 0 saturated carbocycles. The molecular weight excluding hydrogens is 311 g/mol. The number of hydrogen-bond donors (Lipinski definition) is 0. The summed E-state index contributed by atoms with van der Waals surface area (Å²) in [5.74, 6) is 0. The summed E-state index contributed by atoms with van der Waals surface area (Å²) in [5, 5.41) is 2.78. The molecule has 0 aromatic heterocycles. The minimum Gasteiger partial charge on any atom is -0.309 e. The van der Waals surface area contributed by atoms with Gasteiger partial charge in [0, 0.05) is 15.9 Å². The van der Waals surface area contributed by atoms with Crippen molar-refractivity contribution in [3.8, 4) is 0 Å². The van der Waals surface area contributed by atoms with E-state index in [2.05, 4.69) is 33.8 Å². The van der Waals surface area contributed by atoms with E-state index < -0.39 is 7.14 Å². The normalized spacial score (nSPS) is 11.5. The minimum atomic E-state index is -2.90. The van der Waals surface area contributed by atoms with E-state index in [1.807, 2.05) is 60.7 Å². The van der Waals surface area contributed by atoms with Crippen LogP contribution in [-0.4, -0.2) is 0 Å². The van der Waals surface area contributed by atoms with E-state index >= 15 is 0 Å². The van der Waals surface area contributed by atoms with Gasteiger partial charge in [-0.3, -0.25) is 0 Å². The van der Waals surface area contributed by atoms with Crippen LogP contribution in [0.3, 0.4) is 0 Å². The second-order valence-corrected chi connectivity index (χ2v) is 9.09. The Hall–Kier alpha value is -2.11. The van der Waals surface area contributed by atoms with Crippen LogP contribution in [-0.2, 0) is 4.57 Å². The first-order chi connectivity index (χ1) is 11.5. The maximum absolute atomic E-state index is 14.5. The lowest BCUT2D eigenvalue weighted by molar-refractivity contribution is 0.592. The molecule has 3 rings (SSSR count). The zero-order chi connectivity index (χ0) is 17.3. The zero-order valence-electron chi connectivity index (χ0n) is 14.7. The smallest absolute Gasteiger partial charge is 0.171 e. The van der Waals surface area contributed by atoms with Gasteiger partial charge in [-0.2, -0.15) is 0 Å². The Morgan fingerprint density at radius 2 is 1.08 bits per heavy atom. The lowest BCUT2D eigenvalue weighted by atomic mass is 10.0. The summed E-state index contributed by atoms with van der Waals surface area (Å²) in [7, 11) is -2.90. The first kappa shape index (κ1) is 16.7. The Kier molecular flexibility index (Phi) is 4.47. The van der Waals surface area contributed by atoms with Crippen LogP contribution >= 0.6 is 7.14 Å². The molecule has 0 atom stereocenters. The van der Waals surface area contributed by atoms with Gasteiger partial charge < -0.3 is 4.57 Å². The topological polar surface area (TPSA) is 17.1 Å². The van der Waals surface area contributed by atoms with Crippen LogP contribution < -0.4 is 15.9 Å². The highest BCUT2D eigenvalue weighted by molar-refractivity contribution is 7.85. The van der Waals surface area contributed by atoms with Crippen molar-refractivity contribution in [3.05, 3.63) is 89.0 Å². The van der Waals surface area contributed by atoms with E-state index in [1.165, 1.54) is 11.1 Å². The average molecular weight is 334 g/mol. The third-order valence-corrected chi connectivity index (χ3v) is 8.24. The highest BCUT2D eigenvalue weighted by Gasteiger charge is 2.33. The Balaban J connectivity index is 2.42. The molecule has 1 nitrogen and oxygen atoms in total. The van der Waals surface area contributed by atoms with Crippen LogP contribution in [0.25, 0.3) is 0 Å². The molecule has 0 N–H and O–H groups in total. The van der Waals surface area contributed by atoms with Gasteiger partial charge in [0.1, 0.15) is 0 Å². The Morgan fingerprint density at radius 1 is 0.625 bits per heavy atom. The summed E-state index contributed by atoms with van der Waals surface area (Å²) in [4.78, 5) is 0. The predicted octanol–water partition coefficient (Wildman–Crippen LogP) is 4.56. The second-order valence-electron chi connectivity index (χ2n) is 6.39. The van der Waals surface area contributed by atoms with Crippen molar-refractivity contribution >= 4 is 23.1 Å². The van der Waals surface area contributed by atoms with Crippen molar-refractivity contribution in [3.63, 3.8) is 0 Å². The fraction of sp³-hybridized carbons (Fsp3) is 0.182. The van der Waals surface area contributed by atoms with E-state index in [1.54, 1.807) is 0 Å². The zero-order valence-corrected chi connectivity index (χ0v) is 15.6. The first-order valence-corrected chi connectivity index (χ1v) is 9.96. The summed E-state index contributed by atoms with van der Waals surface area (Å²) in [5.41, 5.74) is 4.72. The van der Waals surface area contributed by atoms with Crippen LogP contribution in [0.5, 0.6) is 0 Å². The van der Waals surface area contributed by atoms with Crippen molar-refractivity contribution in [1.29, 1.82) is 0 Å². The lowest BCUT2D eigenvalue weighted by Gasteiger charge is -2.25. The quantitative estimate of drug-likeness (QED) is 0.642. The van der Waals surface area contributed by atoms with Crippen molar-refractivity contribution in [2.45, 2.75) is 27.7 Å². The standard InChI is InChI=1S/C22H23OP/c1-16-15-17(2)22(19(4)18(16)3)24(23,20-11-7-5-8-12-20)21-13-9-6-10-14-21/h5-15H,1-4H3. The maximum Gasteiger partial charge on any atom is 0.171 e. The van der Waals surface area contributed by atoms with Crippen LogP contribution in [0.1, 0.15) is 22.3 Å². The van der Waals surface area contributed by atoms with Gasteiger partial charge in [-0.25, -0.2) is 0 Å². The highest BCUT2D eigenvalue weighted by Crippen LogP contribution is 2.45. The van der Waals surface area contributed by atoms with Crippen LogP contribution in [0.15, 0.2) is 66.7 Å². The van der Waals surface area contributed by atoms with Crippen LogP contribution in [0.2, 0.25) is 0 Å². The van der Waals surface area contributed by atoms with Gasteiger partial charge in [0.15, 0.2) is 7.14 Å². The number of rotatable bonds is 3.